The van der Waals surface area contributed by atoms with Gasteiger partial charge in [-0.15, -0.1) is 0 Å². The molecule has 0 aliphatic carbocycles. The van der Waals surface area contributed by atoms with Crippen LogP contribution >= 0.6 is 0 Å². The van der Waals surface area contributed by atoms with Gasteiger partial charge in [0.25, 0.3) is 0 Å². The molecule has 1 heterocycles. The van der Waals surface area contributed by atoms with Crippen LogP contribution in [0.5, 0.6) is 0 Å². The standard InChI is InChI=1S/C23H29NO6.C9H11FO/c25-13-20(28)11-17-3-7-19(8-4-17)24-21(12-22(24)29)18-5-1-16(2-6-18)9-10-23(30,14-26)15-27;1-2-9(11)7-3-5-8(10)6-4-7/h1-8,20-21,25-28,30H,9-15H2;3-6,9,11H,2H2,1H3/t20?,21-;9-/m00/s1. The number of carbonyl (C=O) groups is 1. The summed E-state index contributed by atoms with van der Waals surface area (Å²) in [5.74, 6) is -0.222. The molecule has 6 N–H and O–H groups in total. The molecule has 3 aromatic rings. The number of aryl methyl sites for hydroxylation is 1. The fourth-order valence-corrected chi connectivity index (χ4v) is 4.55. The van der Waals surface area contributed by atoms with Crippen LogP contribution in [-0.4, -0.2) is 68.1 Å². The highest BCUT2D eigenvalue weighted by Gasteiger charge is 2.38. The molecule has 1 unspecified atom stereocenters. The number of β-lactam (4-membered cyclic amide) rings is 1. The number of rotatable bonds is 12. The summed E-state index contributed by atoms with van der Waals surface area (Å²) in [6, 6.07) is 21.1. The zero-order valence-corrected chi connectivity index (χ0v) is 23.2. The summed E-state index contributed by atoms with van der Waals surface area (Å²) in [4.78, 5) is 14.0. The van der Waals surface area contributed by atoms with E-state index >= 15 is 0 Å². The number of aliphatic hydroxyl groups is 6. The van der Waals surface area contributed by atoms with Crippen LogP contribution in [0.3, 0.4) is 0 Å². The summed E-state index contributed by atoms with van der Waals surface area (Å²) >= 11 is 0. The van der Waals surface area contributed by atoms with Gasteiger partial charge in [0.15, 0.2) is 0 Å². The quantitative estimate of drug-likeness (QED) is 0.184. The van der Waals surface area contributed by atoms with Gasteiger partial charge in [0.2, 0.25) is 5.91 Å². The predicted molar refractivity (Wildman–Crippen MR) is 154 cm³/mol. The van der Waals surface area contributed by atoms with E-state index in [0.29, 0.717) is 25.7 Å². The van der Waals surface area contributed by atoms with Gasteiger partial charge in [-0.3, -0.25) is 4.79 Å². The van der Waals surface area contributed by atoms with Crippen molar-refractivity contribution < 1.29 is 39.8 Å². The number of amides is 1. The molecule has 3 aromatic carbocycles. The van der Waals surface area contributed by atoms with Gasteiger partial charge < -0.3 is 35.5 Å². The maximum absolute atomic E-state index is 12.4. The van der Waals surface area contributed by atoms with Gasteiger partial charge in [-0.25, -0.2) is 4.39 Å². The number of hydrogen-bond donors (Lipinski definition) is 6. The van der Waals surface area contributed by atoms with Crippen molar-refractivity contribution in [1.82, 2.24) is 0 Å². The lowest BCUT2D eigenvalue weighted by Gasteiger charge is -2.41. The number of hydrogen-bond acceptors (Lipinski definition) is 7. The normalized spacial score (nSPS) is 16.4. The number of halogens is 1. The molecule has 41 heavy (non-hydrogen) atoms. The van der Waals surface area contributed by atoms with Crippen LogP contribution in [-0.2, 0) is 17.6 Å². The van der Waals surface area contributed by atoms with Crippen molar-refractivity contribution in [3.63, 3.8) is 0 Å². The third-order valence-corrected chi connectivity index (χ3v) is 7.32. The van der Waals surface area contributed by atoms with E-state index in [0.717, 1.165) is 27.9 Å². The Labute approximate surface area is 240 Å². The lowest BCUT2D eigenvalue weighted by molar-refractivity contribution is -0.124. The molecule has 222 valence electrons. The number of nitrogens with zero attached hydrogens (tertiary/aromatic N) is 1. The molecule has 1 fully saturated rings. The second kappa shape index (κ2) is 15.2. The molecule has 1 saturated heterocycles. The largest absolute Gasteiger partial charge is 0.394 e. The van der Waals surface area contributed by atoms with Crippen LogP contribution in [0.4, 0.5) is 10.1 Å². The summed E-state index contributed by atoms with van der Waals surface area (Å²) in [7, 11) is 0. The first-order valence-electron chi connectivity index (χ1n) is 13.8. The van der Waals surface area contributed by atoms with Gasteiger partial charge in [0, 0.05) is 12.1 Å². The Morgan fingerprint density at radius 1 is 0.902 bits per heavy atom. The molecule has 1 aliphatic rings. The minimum Gasteiger partial charge on any atom is -0.394 e. The maximum atomic E-state index is 12.4. The molecule has 0 radical (unpaired) electrons. The van der Waals surface area contributed by atoms with Gasteiger partial charge >= 0.3 is 0 Å². The minimum atomic E-state index is -1.48. The second-order valence-electron chi connectivity index (χ2n) is 10.4. The maximum Gasteiger partial charge on any atom is 0.230 e. The van der Waals surface area contributed by atoms with Crippen molar-refractivity contribution >= 4 is 11.6 Å². The van der Waals surface area contributed by atoms with E-state index in [9.17, 15) is 34.7 Å². The highest BCUT2D eigenvalue weighted by atomic mass is 19.1. The fourth-order valence-electron chi connectivity index (χ4n) is 4.55. The number of benzene rings is 3. The molecule has 0 spiro atoms. The lowest BCUT2D eigenvalue weighted by Crippen LogP contribution is -2.46. The van der Waals surface area contributed by atoms with E-state index in [4.69, 9.17) is 5.11 Å². The van der Waals surface area contributed by atoms with Gasteiger partial charge in [-0.1, -0.05) is 55.5 Å². The van der Waals surface area contributed by atoms with Crippen LogP contribution in [0.25, 0.3) is 0 Å². The molecule has 1 amide bonds. The number of carbonyl (C=O) groups excluding carboxylic acids is 1. The minimum absolute atomic E-state index is 0.0446. The summed E-state index contributed by atoms with van der Waals surface area (Å²) < 4.78 is 12.4. The SMILES string of the molecule is CC[C@H](O)c1ccc(F)cc1.O=C1C[C@@H](c2ccc(CCC(O)(CO)CO)cc2)N1c1ccc(CC(O)CO)cc1. The smallest absolute Gasteiger partial charge is 0.230 e. The first-order valence-corrected chi connectivity index (χ1v) is 13.8. The molecule has 0 aromatic heterocycles. The Kier molecular flexibility index (Phi) is 12.0. The topological polar surface area (TPSA) is 142 Å². The summed E-state index contributed by atoms with van der Waals surface area (Å²) in [6.07, 6.45) is 0.966. The third kappa shape index (κ3) is 8.90. The van der Waals surface area contributed by atoms with Crippen LogP contribution in [0, 0.1) is 5.82 Å². The Hall–Kier alpha value is -3.18. The van der Waals surface area contributed by atoms with E-state index in [1.54, 1.807) is 17.0 Å². The molecule has 0 saturated carbocycles. The highest BCUT2D eigenvalue weighted by Crippen LogP contribution is 2.39. The first-order chi connectivity index (χ1) is 19.6. The Bertz CT molecular complexity index is 1210. The van der Waals surface area contributed by atoms with Crippen LogP contribution in [0.2, 0.25) is 0 Å². The van der Waals surface area contributed by atoms with Gasteiger partial charge in [-0.2, -0.15) is 0 Å². The average Bonchev–Trinajstić information content (AvgIpc) is 3.00. The number of anilines is 1. The van der Waals surface area contributed by atoms with E-state index < -0.39 is 31.0 Å². The molecule has 8 nitrogen and oxygen atoms in total. The van der Waals surface area contributed by atoms with Crippen molar-refractivity contribution in [3.05, 3.63) is 101 Å². The monoisotopic (exact) mass is 569 g/mol. The van der Waals surface area contributed by atoms with E-state index in [-0.39, 0.29) is 30.8 Å². The van der Waals surface area contributed by atoms with E-state index in [1.165, 1.54) is 12.1 Å². The zero-order chi connectivity index (χ0) is 30.0. The second-order valence-corrected chi connectivity index (χ2v) is 10.4. The van der Waals surface area contributed by atoms with Crippen LogP contribution in [0.15, 0.2) is 72.8 Å². The van der Waals surface area contributed by atoms with E-state index in [2.05, 4.69) is 0 Å². The molecular weight excluding hydrogens is 529 g/mol. The van der Waals surface area contributed by atoms with Crippen LogP contribution < -0.4 is 4.90 Å². The van der Waals surface area contributed by atoms with Gasteiger partial charge in [0.05, 0.1) is 44.5 Å². The molecule has 4 rings (SSSR count). The van der Waals surface area contributed by atoms with E-state index in [1.807, 2.05) is 55.5 Å². The zero-order valence-electron chi connectivity index (χ0n) is 23.2. The third-order valence-electron chi connectivity index (χ3n) is 7.32. The van der Waals surface area contributed by atoms with Gasteiger partial charge in [-0.05, 0) is 65.8 Å². The molecule has 9 heteroatoms. The van der Waals surface area contributed by atoms with Crippen LogP contribution in [0.1, 0.15) is 60.6 Å². The number of aliphatic hydroxyl groups excluding tert-OH is 5. The van der Waals surface area contributed by atoms with Gasteiger partial charge in [0.1, 0.15) is 11.4 Å². The first kappa shape index (κ1) is 32.3. The Morgan fingerprint density at radius 3 is 2.00 bits per heavy atom. The predicted octanol–water partition coefficient (Wildman–Crippen LogP) is 2.98. The van der Waals surface area contributed by atoms with Crippen molar-refractivity contribution in [3.8, 4) is 0 Å². The molecular formula is C32H40FNO7. The Morgan fingerprint density at radius 2 is 1.49 bits per heavy atom. The lowest BCUT2D eigenvalue weighted by atomic mass is 9.91. The average molecular weight is 570 g/mol. The molecule has 0 bridgehead atoms. The molecule has 3 atom stereocenters. The van der Waals surface area contributed by atoms with Crippen molar-refractivity contribution in [2.75, 3.05) is 24.7 Å². The summed E-state index contributed by atoms with van der Waals surface area (Å²) in [6.45, 7) is 0.620. The van der Waals surface area contributed by atoms with Crippen molar-refractivity contribution in [1.29, 1.82) is 0 Å². The summed E-state index contributed by atoms with van der Waals surface area (Å²) in [5.41, 5.74) is 2.96. The fraction of sp³-hybridized carbons (Fsp3) is 0.406. The van der Waals surface area contributed by atoms with Crippen molar-refractivity contribution in [2.24, 2.45) is 0 Å². The Balaban J connectivity index is 0.000000352. The summed E-state index contributed by atoms with van der Waals surface area (Å²) in [5, 5.41) is 56.2. The highest BCUT2D eigenvalue weighted by molar-refractivity contribution is 6.01. The molecule has 1 aliphatic heterocycles. The van der Waals surface area contributed by atoms with Crippen molar-refractivity contribution in [2.45, 2.75) is 62.9 Å².